The third-order valence-electron chi connectivity index (χ3n) is 5.17. The molecule has 1 N–H and O–H groups in total. The van der Waals surface area contributed by atoms with Crippen LogP contribution < -0.4 is 4.74 Å². The Morgan fingerprint density at radius 2 is 1.93 bits per heavy atom. The highest BCUT2D eigenvalue weighted by atomic mass is 32.1. The number of fused-ring (bicyclic) bond motifs is 1. The van der Waals surface area contributed by atoms with Crippen molar-refractivity contribution < 1.29 is 4.74 Å². The molecule has 0 saturated heterocycles. The van der Waals surface area contributed by atoms with Crippen LogP contribution in [0.15, 0.2) is 36.4 Å². The molecule has 1 aromatic carbocycles. The highest BCUT2D eigenvalue weighted by Gasteiger charge is 2.16. The van der Waals surface area contributed by atoms with Gasteiger partial charge >= 0.3 is 0 Å². The molecule has 0 unspecified atom stereocenters. The standard InChI is InChI=1S/C24H20N4OS/c1-14-7-17(16(3)28(14)24-20(13-26)8-15(2)30-24)9-19(12-25)23-11-18-10-21(29-4)5-6-22(18)27-23/h5-11,27H,1-4H3. The van der Waals surface area contributed by atoms with E-state index in [4.69, 9.17) is 4.74 Å². The van der Waals surface area contributed by atoms with Crippen LogP contribution in [0.4, 0.5) is 0 Å². The minimum absolute atomic E-state index is 0.549. The molecule has 0 aliphatic rings. The Morgan fingerprint density at radius 3 is 2.63 bits per heavy atom. The van der Waals surface area contributed by atoms with Crippen LogP contribution in [0.3, 0.4) is 0 Å². The lowest BCUT2D eigenvalue weighted by Crippen LogP contribution is -1.98. The molecule has 4 rings (SSSR count). The van der Waals surface area contributed by atoms with Gasteiger partial charge in [0.15, 0.2) is 0 Å². The van der Waals surface area contributed by atoms with Crippen molar-refractivity contribution in [1.82, 2.24) is 9.55 Å². The minimum Gasteiger partial charge on any atom is -0.497 e. The van der Waals surface area contributed by atoms with Crippen LogP contribution in [0.1, 0.15) is 33.1 Å². The first-order valence-corrected chi connectivity index (χ1v) is 10.3. The summed E-state index contributed by atoms with van der Waals surface area (Å²) in [7, 11) is 1.64. The highest BCUT2D eigenvalue weighted by molar-refractivity contribution is 7.14. The largest absolute Gasteiger partial charge is 0.497 e. The fourth-order valence-corrected chi connectivity index (χ4v) is 4.77. The van der Waals surface area contributed by atoms with Gasteiger partial charge in [-0.05, 0) is 68.8 Å². The fourth-order valence-electron chi connectivity index (χ4n) is 3.70. The molecule has 0 spiro atoms. The number of ether oxygens (including phenoxy) is 1. The number of hydrogen-bond acceptors (Lipinski definition) is 4. The average Bonchev–Trinajstić information content (AvgIpc) is 3.40. The summed E-state index contributed by atoms with van der Waals surface area (Å²) in [6.07, 6.45) is 1.90. The van der Waals surface area contributed by atoms with E-state index in [1.165, 1.54) is 0 Å². The second kappa shape index (κ2) is 7.59. The Kier molecular flexibility index (Phi) is 4.95. The monoisotopic (exact) mass is 412 g/mol. The van der Waals surface area contributed by atoms with E-state index in [9.17, 15) is 10.5 Å². The lowest BCUT2D eigenvalue weighted by molar-refractivity contribution is 0.415. The molecule has 0 atom stereocenters. The van der Waals surface area contributed by atoms with E-state index in [1.54, 1.807) is 18.4 Å². The Morgan fingerprint density at radius 1 is 1.13 bits per heavy atom. The Hall–Kier alpha value is -3.74. The van der Waals surface area contributed by atoms with Gasteiger partial charge in [0.25, 0.3) is 0 Å². The first kappa shape index (κ1) is 19.6. The topological polar surface area (TPSA) is 77.5 Å². The molecule has 0 radical (unpaired) electrons. The van der Waals surface area contributed by atoms with Gasteiger partial charge in [0.05, 0.1) is 23.9 Å². The number of aryl methyl sites for hydroxylation is 2. The molecular weight excluding hydrogens is 392 g/mol. The van der Waals surface area contributed by atoms with E-state index in [2.05, 4.69) is 27.8 Å². The zero-order valence-electron chi connectivity index (χ0n) is 17.2. The second-order valence-electron chi connectivity index (χ2n) is 7.16. The van der Waals surface area contributed by atoms with Gasteiger partial charge in [-0.1, -0.05) is 0 Å². The molecule has 30 heavy (non-hydrogen) atoms. The molecule has 3 heterocycles. The number of nitrogens with zero attached hydrogens (tertiary/aromatic N) is 3. The number of nitrogens with one attached hydrogen (secondary N) is 1. The molecule has 5 nitrogen and oxygen atoms in total. The number of rotatable bonds is 4. The summed E-state index contributed by atoms with van der Waals surface area (Å²) in [5.41, 5.74) is 5.90. The van der Waals surface area contributed by atoms with Crippen LogP contribution in [0.5, 0.6) is 5.75 Å². The number of allylic oxidation sites excluding steroid dienone is 1. The Balaban J connectivity index is 1.81. The van der Waals surface area contributed by atoms with Crippen molar-refractivity contribution >= 4 is 33.9 Å². The van der Waals surface area contributed by atoms with Crippen molar-refractivity contribution in [2.24, 2.45) is 0 Å². The average molecular weight is 413 g/mol. The van der Waals surface area contributed by atoms with Gasteiger partial charge in [-0.3, -0.25) is 0 Å². The van der Waals surface area contributed by atoms with Gasteiger partial charge < -0.3 is 14.3 Å². The maximum atomic E-state index is 9.83. The van der Waals surface area contributed by atoms with E-state index in [-0.39, 0.29) is 0 Å². The molecule has 0 amide bonds. The summed E-state index contributed by atoms with van der Waals surface area (Å²) in [5.74, 6) is 0.777. The van der Waals surface area contributed by atoms with E-state index in [1.807, 2.05) is 57.2 Å². The van der Waals surface area contributed by atoms with E-state index < -0.39 is 0 Å². The van der Waals surface area contributed by atoms with Crippen molar-refractivity contribution in [2.75, 3.05) is 7.11 Å². The van der Waals surface area contributed by atoms with Crippen molar-refractivity contribution in [1.29, 1.82) is 10.5 Å². The van der Waals surface area contributed by atoms with Gasteiger partial charge in [0.1, 0.15) is 22.9 Å². The van der Waals surface area contributed by atoms with Gasteiger partial charge in [0.2, 0.25) is 0 Å². The summed E-state index contributed by atoms with van der Waals surface area (Å²) in [5, 5.41) is 21.2. The summed E-state index contributed by atoms with van der Waals surface area (Å²) in [4.78, 5) is 4.41. The second-order valence-corrected chi connectivity index (χ2v) is 8.39. The van der Waals surface area contributed by atoms with E-state index in [0.29, 0.717) is 11.1 Å². The number of nitriles is 2. The summed E-state index contributed by atoms with van der Waals surface area (Å²) < 4.78 is 7.38. The Bertz CT molecular complexity index is 1390. The fraction of sp³-hybridized carbons (Fsp3) is 0.167. The summed E-state index contributed by atoms with van der Waals surface area (Å²) >= 11 is 1.60. The van der Waals surface area contributed by atoms with Crippen molar-refractivity contribution in [3.8, 4) is 22.9 Å². The smallest absolute Gasteiger partial charge is 0.119 e. The number of hydrogen-bond donors (Lipinski definition) is 1. The molecule has 6 heteroatoms. The number of methoxy groups -OCH3 is 1. The predicted molar refractivity (Wildman–Crippen MR) is 121 cm³/mol. The van der Waals surface area contributed by atoms with E-state index in [0.717, 1.165) is 49.2 Å². The number of H-pyrrole nitrogens is 1. The SMILES string of the molecule is COc1ccc2[nH]c(C(C#N)=Cc3cc(C)n(-c4sc(C)cc4C#N)c3C)cc2c1. The molecule has 0 aliphatic carbocycles. The molecule has 3 aromatic heterocycles. The first-order valence-electron chi connectivity index (χ1n) is 9.44. The lowest BCUT2D eigenvalue weighted by atomic mass is 10.1. The predicted octanol–water partition coefficient (Wildman–Crippen LogP) is 5.89. The number of aromatic amines is 1. The lowest BCUT2D eigenvalue weighted by Gasteiger charge is -2.07. The summed E-state index contributed by atoms with van der Waals surface area (Å²) in [6.45, 7) is 6.03. The zero-order chi connectivity index (χ0) is 21.4. The minimum atomic E-state index is 0.549. The third-order valence-corrected chi connectivity index (χ3v) is 6.20. The van der Waals surface area contributed by atoms with Gasteiger partial charge in [-0.25, -0.2) is 0 Å². The summed E-state index contributed by atoms with van der Waals surface area (Å²) in [6, 6.07) is 16.3. The molecular formula is C24H20N4OS. The van der Waals surface area contributed by atoms with Gasteiger partial charge in [-0.2, -0.15) is 10.5 Å². The van der Waals surface area contributed by atoms with Crippen LogP contribution in [-0.4, -0.2) is 16.7 Å². The number of benzene rings is 1. The molecule has 0 saturated carbocycles. The van der Waals surface area contributed by atoms with Gasteiger partial charge in [0, 0.05) is 27.2 Å². The van der Waals surface area contributed by atoms with Crippen LogP contribution in [-0.2, 0) is 0 Å². The molecule has 0 bridgehead atoms. The van der Waals surface area contributed by atoms with Crippen molar-refractivity contribution in [2.45, 2.75) is 20.8 Å². The quantitative estimate of drug-likeness (QED) is 0.425. The van der Waals surface area contributed by atoms with Crippen molar-refractivity contribution in [3.63, 3.8) is 0 Å². The van der Waals surface area contributed by atoms with E-state index >= 15 is 0 Å². The highest BCUT2D eigenvalue weighted by Crippen LogP contribution is 2.32. The van der Waals surface area contributed by atoms with Gasteiger partial charge in [-0.15, -0.1) is 11.3 Å². The van der Waals surface area contributed by atoms with Crippen LogP contribution in [0, 0.1) is 43.4 Å². The molecule has 148 valence electrons. The first-order chi connectivity index (χ1) is 14.4. The Labute approximate surface area is 179 Å². The zero-order valence-corrected chi connectivity index (χ0v) is 18.0. The van der Waals surface area contributed by atoms with Crippen LogP contribution in [0.25, 0.3) is 27.6 Å². The third kappa shape index (κ3) is 3.28. The van der Waals surface area contributed by atoms with Crippen LogP contribution >= 0.6 is 11.3 Å². The maximum absolute atomic E-state index is 9.83. The number of aromatic nitrogens is 2. The normalized spacial score (nSPS) is 11.5. The molecule has 0 fully saturated rings. The maximum Gasteiger partial charge on any atom is 0.119 e. The van der Waals surface area contributed by atoms with Crippen LogP contribution in [0.2, 0.25) is 0 Å². The molecule has 4 aromatic rings. The molecule has 0 aliphatic heterocycles. The number of thiophene rings is 1. The van der Waals surface area contributed by atoms with Crippen molar-refractivity contribution in [3.05, 3.63) is 69.5 Å².